The second-order valence-electron chi connectivity index (χ2n) is 3.43. The third-order valence-electron chi connectivity index (χ3n) is 2.19. The number of hydrogen-bond donors (Lipinski definition) is 0. The lowest BCUT2D eigenvalue weighted by atomic mass is 10.2. The summed E-state index contributed by atoms with van der Waals surface area (Å²) in [4.78, 5) is 2.29. The molecule has 0 spiro atoms. The van der Waals surface area contributed by atoms with Crippen molar-refractivity contribution in [2.45, 2.75) is 19.8 Å². The van der Waals surface area contributed by atoms with Gasteiger partial charge in [0.15, 0.2) is 0 Å². The summed E-state index contributed by atoms with van der Waals surface area (Å²) in [6.07, 6.45) is 2.87. The smallest absolute Gasteiger partial charge is 0.000631 e. The molecule has 1 saturated carbocycles. The van der Waals surface area contributed by atoms with Crippen molar-refractivity contribution in [1.29, 1.82) is 0 Å². The Balaban J connectivity index is 2.05. The molecule has 1 aliphatic carbocycles. The number of hydrogen-bond acceptors (Lipinski definition) is 1. The highest BCUT2D eigenvalue weighted by atomic mass is 15.1. The highest BCUT2D eigenvalue weighted by molar-refractivity contribution is 4.86. The molecule has 1 heteroatoms. The lowest BCUT2D eigenvalue weighted by Gasteiger charge is -2.07. The summed E-state index contributed by atoms with van der Waals surface area (Å²) in [5.41, 5.74) is 0. The average molecular weight is 127 g/mol. The van der Waals surface area contributed by atoms with E-state index in [1.54, 1.807) is 0 Å². The van der Waals surface area contributed by atoms with Crippen LogP contribution in [0.25, 0.3) is 0 Å². The van der Waals surface area contributed by atoms with E-state index in [0.29, 0.717) is 0 Å². The fraction of sp³-hybridized carbons (Fsp3) is 1.00. The normalized spacial score (nSPS) is 33.3. The molecule has 0 aromatic carbocycles. The van der Waals surface area contributed by atoms with Crippen molar-refractivity contribution in [2.24, 2.45) is 11.8 Å². The zero-order valence-electron chi connectivity index (χ0n) is 6.72. The van der Waals surface area contributed by atoms with Crippen molar-refractivity contribution in [2.75, 3.05) is 20.6 Å². The molecule has 0 aromatic heterocycles. The van der Waals surface area contributed by atoms with E-state index >= 15 is 0 Å². The zero-order chi connectivity index (χ0) is 6.85. The zero-order valence-corrected chi connectivity index (χ0v) is 6.72. The van der Waals surface area contributed by atoms with Crippen LogP contribution >= 0.6 is 0 Å². The third-order valence-corrected chi connectivity index (χ3v) is 2.19. The summed E-state index contributed by atoms with van der Waals surface area (Å²) in [6.45, 7) is 3.60. The predicted octanol–water partition coefficient (Wildman–Crippen LogP) is 1.59. The van der Waals surface area contributed by atoms with Crippen LogP contribution in [0, 0.1) is 11.8 Å². The van der Waals surface area contributed by atoms with Crippen LogP contribution < -0.4 is 0 Å². The van der Waals surface area contributed by atoms with E-state index in [9.17, 15) is 0 Å². The average Bonchev–Trinajstić information content (AvgIpc) is 2.45. The summed E-state index contributed by atoms with van der Waals surface area (Å²) < 4.78 is 0. The Labute approximate surface area is 58.0 Å². The molecule has 1 aliphatic rings. The Kier molecular flexibility index (Phi) is 2.12. The predicted molar refractivity (Wildman–Crippen MR) is 40.4 cm³/mol. The third kappa shape index (κ3) is 1.98. The summed E-state index contributed by atoms with van der Waals surface area (Å²) in [5, 5.41) is 0. The van der Waals surface area contributed by atoms with Gasteiger partial charge in [0.25, 0.3) is 0 Å². The largest absolute Gasteiger partial charge is 0.309 e. The van der Waals surface area contributed by atoms with E-state index in [1.807, 2.05) is 0 Å². The van der Waals surface area contributed by atoms with E-state index in [-0.39, 0.29) is 0 Å². The van der Waals surface area contributed by atoms with Crippen LogP contribution in [-0.2, 0) is 0 Å². The molecule has 0 radical (unpaired) electrons. The monoisotopic (exact) mass is 127 g/mol. The summed E-state index contributed by atoms with van der Waals surface area (Å²) in [7, 11) is 4.32. The van der Waals surface area contributed by atoms with Crippen molar-refractivity contribution in [3.63, 3.8) is 0 Å². The van der Waals surface area contributed by atoms with Gasteiger partial charge in [-0.3, -0.25) is 0 Å². The first-order chi connectivity index (χ1) is 4.24. The Morgan fingerprint density at radius 3 is 2.33 bits per heavy atom. The number of nitrogens with zero attached hydrogens (tertiary/aromatic N) is 1. The van der Waals surface area contributed by atoms with Crippen molar-refractivity contribution in [3.05, 3.63) is 0 Å². The molecule has 1 nitrogen and oxygen atoms in total. The first kappa shape index (κ1) is 7.07. The van der Waals surface area contributed by atoms with E-state index in [0.717, 1.165) is 11.8 Å². The van der Waals surface area contributed by atoms with E-state index in [2.05, 4.69) is 25.9 Å². The molecule has 0 aromatic rings. The van der Waals surface area contributed by atoms with Crippen LogP contribution in [0.15, 0.2) is 0 Å². The van der Waals surface area contributed by atoms with Crippen LogP contribution in [0.2, 0.25) is 0 Å². The van der Waals surface area contributed by atoms with Gasteiger partial charge in [0.05, 0.1) is 0 Å². The first-order valence-corrected chi connectivity index (χ1v) is 3.88. The molecule has 0 N–H and O–H groups in total. The topological polar surface area (TPSA) is 3.24 Å². The van der Waals surface area contributed by atoms with Gasteiger partial charge in [0.2, 0.25) is 0 Å². The Bertz CT molecular complexity index is 88.6. The molecule has 54 valence electrons. The molecule has 0 bridgehead atoms. The SMILES string of the molecule is CCC1CC1CN(C)C. The lowest BCUT2D eigenvalue weighted by Crippen LogP contribution is -2.15. The molecule has 0 aliphatic heterocycles. The molecule has 9 heavy (non-hydrogen) atoms. The van der Waals surface area contributed by atoms with Gasteiger partial charge in [-0.25, -0.2) is 0 Å². The van der Waals surface area contributed by atoms with Crippen LogP contribution in [-0.4, -0.2) is 25.5 Å². The molecular weight excluding hydrogens is 110 g/mol. The fourth-order valence-corrected chi connectivity index (χ4v) is 1.50. The van der Waals surface area contributed by atoms with Gasteiger partial charge in [-0.2, -0.15) is 0 Å². The van der Waals surface area contributed by atoms with Crippen LogP contribution in [0.3, 0.4) is 0 Å². The maximum absolute atomic E-state index is 2.29. The Hall–Kier alpha value is -0.0400. The summed E-state index contributed by atoms with van der Waals surface area (Å²) >= 11 is 0. The molecule has 0 saturated heterocycles. The molecule has 2 unspecified atom stereocenters. The van der Waals surface area contributed by atoms with Crippen LogP contribution in [0.1, 0.15) is 19.8 Å². The van der Waals surface area contributed by atoms with Crippen molar-refractivity contribution in [3.8, 4) is 0 Å². The maximum Gasteiger partial charge on any atom is 0.000631 e. The second-order valence-corrected chi connectivity index (χ2v) is 3.43. The van der Waals surface area contributed by atoms with Crippen molar-refractivity contribution in [1.82, 2.24) is 4.90 Å². The highest BCUT2D eigenvalue weighted by Gasteiger charge is 2.34. The fourth-order valence-electron chi connectivity index (χ4n) is 1.50. The highest BCUT2D eigenvalue weighted by Crippen LogP contribution is 2.40. The molecule has 1 fully saturated rings. The van der Waals surface area contributed by atoms with E-state index in [4.69, 9.17) is 0 Å². The number of rotatable bonds is 3. The van der Waals surface area contributed by atoms with Gasteiger partial charge in [-0.15, -0.1) is 0 Å². The van der Waals surface area contributed by atoms with Crippen molar-refractivity contribution >= 4 is 0 Å². The van der Waals surface area contributed by atoms with Gasteiger partial charge in [0.1, 0.15) is 0 Å². The molecule has 1 rings (SSSR count). The minimum Gasteiger partial charge on any atom is -0.309 e. The lowest BCUT2D eigenvalue weighted by molar-refractivity contribution is 0.377. The molecular formula is C8H17N. The van der Waals surface area contributed by atoms with Gasteiger partial charge in [-0.05, 0) is 32.4 Å². The Morgan fingerprint density at radius 1 is 1.33 bits per heavy atom. The summed E-state index contributed by atoms with van der Waals surface area (Å²) in [5.74, 6) is 2.09. The summed E-state index contributed by atoms with van der Waals surface area (Å²) in [6, 6.07) is 0. The first-order valence-electron chi connectivity index (χ1n) is 3.88. The standard InChI is InChI=1S/C8H17N/c1-4-7-5-8(7)6-9(2)3/h7-8H,4-6H2,1-3H3. The Morgan fingerprint density at radius 2 is 2.00 bits per heavy atom. The van der Waals surface area contributed by atoms with Gasteiger partial charge >= 0.3 is 0 Å². The second kappa shape index (κ2) is 2.70. The van der Waals surface area contributed by atoms with Crippen LogP contribution in [0.5, 0.6) is 0 Å². The molecule has 2 atom stereocenters. The minimum atomic E-state index is 1.03. The van der Waals surface area contributed by atoms with E-state index in [1.165, 1.54) is 19.4 Å². The van der Waals surface area contributed by atoms with E-state index < -0.39 is 0 Å². The minimum absolute atomic E-state index is 1.03. The van der Waals surface area contributed by atoms with Gasteiger partial charge in [0, 0.05) is 6.54 Å². The quantitative estimate of drug-likeness (QED) is 0.556. The van der Waals surface area contributed by atoms with Gasteiger partial charge < -0.3 is 4.90 Å². The van der Waals surface area contributed by atoms with Crippen molar-refractivity contribution < 1.29 is 0 Å². The van der Waals surface area contributed by atoms with Crippen LogP contribution in [0.4, 0.5) is 0 Å². The van der Waals surface area contributed by atoms with Gasteiger partial charge in [-0.1, -0.05) is 13.3 Å². The molecule has 0 heterocycles. The maximum atomic E-state index is 2.29. The molecule has 0 amide bonds.